The first-order valence-corrected chi connectivity index (χ1v) is 17.4. The first-order chi connectivity index (χ1) is 18.2. The van der Waals surface area contributed by atoms with E-state index in [1.165, 1.54) is 173 Å². The highest BCUT2D eigenvalue weighted by molar-refractivity contribution is 5.69. The first kappa shape index (κ1) is 36.5. The van der Waals surface area contributed by atoms with Crippen LogP contribution in [0.2, 0.25) is 0 Å². The van der Waals surface area contributed by atoms with Crippen molar-refractivity contribution in [1.82, 2.24) is 0 Å². The molecule has 0 heterocycles. The Morgan fingerprint density at radius 2 is 0.703 bits per heavy atom. The van der Waals surface area contributed by atoms with Crippen molar-refractivity contribution in [2.24, 2.45) is 0 Å². The van der Waals surface area contributed by atoms with E-state index in [0.29, 0.717) is 6.42 Å². The zero-order valence-corrected chi connectivity index (χ0v) is 26.1. The molecule has 0 aliphatic carbocycles. The molecule has 0 aliphatic heterocycles. The van der Waals surface area contributed by atoms with Crippen LogP contribution in [0.1, 0.15) is 213 Å². The van der Waals surface area contributed by atoms with Crippen molar-refractivity contribution < 1.29 is 9.53 Å². The fourth-order valence-electron chi connectivity index (χ4n) is 5.43. The molecule has 0 bridgehead atoms. The summed E-state index contributed by atoms with van der Waals surface area (Å²) in [4.78, 5) is 12.1. The number of esters is 1. The Labute approximate surface area is 234 Å². The van der Waals surface area contributed by atoms with Crippen molar-refractivity contribution in [2.45, 2.75) is 219 Å². The molecule has 0 N–H and O–H groups in total. The maximum absolute atomic E-state index is 12.1. The third kappa shape index (κ3) is 31.6. The average molecular weight is 523 g/mol. The number of hydrogen-bond donors (Lipinski definition) is 0. The zero-order chi connectivity index (χ0) is 27.1. The predicted octanol–water partition coefficient (Wildman–Crippen LogP) is 12.7. The Kier molecular flexibility index (Phi) is 31.2. The van der Waals surface area contributed by atoms with Gasteiger partial charge in [-0.3, -0.25) is 4.79 Å². The monoisotopic (exact) mass is 523 g/mol. The largest absolute Gasteiger partial charge is 0.463 e. The average Bonchev–Trinajstić information content (AvgIpc) is 2.89. The normalized spacial score (nSPS) is 12.2. The SMILES string of the molecule is CCCCCCCCCCCCCCCCCC(=O)OC(C)CCCCCCCCCCCCCCC. The van der Waals surface area contributed by atoms with Gasteiger partial charge >= 0.3 is 5.97 Å². The Morgan fingerprint density at radius 1 is 0.432 bits per heavy atom. The Hall–Kier alpha value is -0.530. The van der Waals surface area contributed by atoms with Crippen molar-refractivity contribution in [3.05, 3.63) is 0 Å². The molecule has 0 radical (unpaired) electrons. The number of rotatable bonds is 31. The van der Waals surface area contributed by atoms with Crippen LogP contribution in [0.3, 0.4) is 0 Å². The second kappa shape index (κ2) is 31.7. The molecule has 2 nitrogen and oxygen atoms in total. The van der Waals surface area contributed by atoms with Crippen LogP contribution < -0.4 is 0 Å². The van der Waals surface area contributed by atoms with Crippen LogP contribution >= 0.6 is 0 Å². The molecule has 0 saturated carbocycles. The lowest BCUT2D eigenvalue weighted by Crippen LogP contribution is -2.14. The number of carbonyl (C=O) groups excluding carboxylic acids is 1. The van der Waals surface area contributed by atoms with Crippen LogP contribution in [0.25, 0.3) is 0 Å². The summed E-state index contributed by atoms with van der Waals surface area (Å²) in [5.74, 6) is 0.0249. The van der Waals surface area contributed by atoms with E-state index < -0.39 is 0 Å². The summed E-state index contributed by atoms with van der Waals surface area (Å²) in [5.41, 5.74) is 0. The van der Waals surface area contributed by atoms with Gasteiger partial charge in [0.25, 0.3) is 0 Å². The summed E-state index contributed by atoms with van der Waals surface area (Å²) in [6.07, 6.45) is 40.1. The van der Waals surface area contributed by atoms with Crippen molar-refractivity contribution in [3.8, 4) is 0 Å². The van der Waals surface area contributed by atoms with Crippen LogP contribution in [0.5, 0.6) is 0 Å². The highest BCUT2D eigenvalue weighted by atomic mass is 16.5. The van der Waals surface area contributed by atoms with Crippen molar-refractivity contribution >= 4 is 5.97 Å². The minimum absolute atomic E-state index is 0.0249. The number of carbonyl (C=O) groups is 1. The molecule has 0 aromatic carbocycles. The molecule has 222 valence electrons. The van der Waals surface area contributed by atoms with E-state index in [9.17, 15) is 4.79 Å². The van der Waals surface area contributed by atoms with Crippen LogP contribution in [0.4, 0.5) is 0 Å². The highest BCUT2D eigenvalue weighted by Gasteiger charge is 2.09. The minimum atomic E-state index is 0.0249. The molecule has 0 rings (SSSR count). The fraction of sp³-hybridized carbons (Fsp3) is 0.971. The van der Waals surface area contributed by atoms with Gasteiger partial charge in [-0.05, 0) is 26.2 Å². The Bertz CT molecular complexity index is 433. The second-order valence-corrected chi connectivity index (χ2v) is 12.0. The molecular formula is C35H70O2. The van der Waals surface area contributed by atoms with Crippen LogP contribution in [0, 0.1) is 0 Å². The molecule has 2 heteroatoms. The summed E-state index contributed by atoms with van der Waals surface area (Å²) < 4.78 is 5.64. The molecule has 1 unspecified atom stereocenters. The quantitative estimate of drug-likeness (QED) is 0.0668. The van der Waals surface area contributed by atoms with Crippen LogP contribution in [-0.4, -0.2) is 12.1 Å². The zero-order valence-electron chi connectivity index (χ0n) is 26.1. The molecular weight excluding hydrogens is 452 g/mol. The van der Waals surface area contributed by atoms with Gasteiger partial charge in [-0.1, -0.05) is 181 Å². The molecule has 0 fully saturated rings. The maximum Gasteiger partial charge on any atom is 0.306 e. The molecule has 37 heavy (non-hydrogen) atoms. The van der Waals surface area contributed by atoms with E-state index in [4.69, 9.17) is 4.74 Å². The third-order valence-electron chi connectivity index (χ3n) is 8.03. The molecule has 0 spiro atoms. The van der Waals surface area contributed by atoms with Gasteiger partial charge in [-0.2, -0.15) is 0 Å². The summed E-state index contributed by atoms with van der Waals surface area (Å²) in [6, 6.07) is 0. The summed E-state index contributed by atoms with van der Waals surface area (Å²) in [7, 11) is 0. The van der Waals surface area contributed by atoms with E-state index in [1.54, 1.807) is 0 Å². The van der Waals surface area contributed by atoms with Crippen molar-refractivity contribution in [1.29, 1.82) is 0 Å². The van der Waals surface area contributed by atoms with E-state index in [2.05, 4.69) is 20.8 Å². The minimum Gasteiger partial charge on any atom is -0.463 e. The van der Waals surface area contributed by atoms with E-state index in [1.807, 2.05) is 0 Å². The topological polar surface area (TPSA) is 26.3 Å². The van der Waals surface area contributed by atoms with Crippen LogP contribution in [0.15, 0.2) is 0 Å². The summed E-state index contributed by atoms with van der Waals surface area (Å²) >= 11 is 0. The fourth-order valence-corrected chi connectivity index (χ4v) is 5.43. The molecule has 0 amide bonds. The standard InChI is InChI=1S/C35H70O2/c1-4-6-8-10-12-14-16-18-19-21-23-25-27-29-31-33-35(36)37-34(3)32-30-28-26-24-22-20-17-15-13-11-9-7-5-2/h34H,4-33H2,1-3H3. The molecule has 0 saturated heterocycles. The highest BCUT2D eigenvalue weighted by Crippen LogP contribution is 2.16. The predicted molar refractivity (Wildman–Crippen MR) is 165 cm³/mol. The van der Waals surface area contributed by atoms with Crippen molar-refractivity contribution in [2.75, 3.05) is 0 Å². The van der Waals surface area contributed by atoms with Gasteiger partial charge < -0.3 is 4.74 Å². The van der Waals surface area contributed by atoms with Gasteiger partial charge in [-0.15, -0.1) is 0 Å². The summed E-state index contributed by atoms with van der Waals surface area (Å²) in [6.45, 7) is 6.65. The smallest absolute Gasteiger partial charge is 0.306 e. The molecule has 0 aromatic heterocycles. The van der Waals surface area contributed by atoms with Gasteiger partial charge in [0, 0.05) is 6.42 Å². The number of unbranched alkanes of at least 4 members (excludes halogenated alkanes) is 26. The number of ether oxygens (including phenoxy) is 1. The lowest BCUT2D eigenvalue weighted by atomic mass is 10.0. The lowest BCUT2D eigenvalue weighted by Gasteiger charge is -2.13. The van der Waals surface area contributed by atoms with Gasteiger partial charge in [0.2, 0.25) is 0 Å². The van der Waals surface area contributed by atoms with Gasteiger partial charge in [0.1, 0.15) is 0 Å². The second-order valence-electron chi connectivity index (χ2n) is 12.0. The Balaban J connectivity index is 3.27. The van der Waals surface area contributed by atoms with Gasteiger partial charge in [-0.25, -0.2) is 0 Å². The third-order valence-corrected chi connectivity index (χ3v) is 8.03. The molecule has 1 atom stereocenters. The lowest BCUT2D eigenvalue weighted by molar-refractivity contribution is -0.148. The maximum atomic E-state index is 12.1. The van der Waals surface area contributed by atoms with Crippen molar-refractivity contribution in [3.63, 3.8) is 0 Å². The molecule has 0 aromatic rings. The Morgan fingerprint density at radius 3 is 1.03 bits per heavy atom. The van der Waals surface area contributed by atoms with E-state index >= 15 is 0 Å². The molecule has 0 aliphatic rings. The number of hydrogen-bond acceptors (Lipinski definition) is 2. The van der Waals surface area contributed by atoms with E-state index in [0.717, 1.165) is 12.8 Å². The van der Waals surface area contributed by atoms with E-state index in [-0.39, 0.29) is 12.1 Å². The summed E-state index contributed by atoms with van der Waals surface area (Å²) in [5, 5.41) is 0. The van der Waals surface area contributed by atoms with Gasteiger partial charge in [0.15, 0.2) is 0 Å². The van der Waals surface area contributed by atoms with Crippen LogP contribution in [-0.2, 0) is 9.53 Å². The van der Waals surface area contributed by atoms with Gasteiger partial charge in [0.05, 0.1) is 6.10 Å². The first-order valence-electron chi connectivity index (χ1n) is 17.4.